The van der Waals surface area contributed by atoms with E-state index in [0.29, 0.717) is 25.4 Å². The lowest BCUT2D eigenvalue weighted by Crippen LogP contribution is -2.37. The number of amides is 2. The van der Waals surface area contributed by atoms with Crippen molar-refractivity contribution in [3.05, 3.63) is 66.6 Å². The summed E-state index contributed by atoms with van der Waals surface area (Å²) < 4.78 is 5.72. The molecule has 0 radical (unpaired) electrons. The average Bonchev–Trinajstić information content (AvgIpc) is 2.64. The molecule has 3 rings (SSSR count). The van der Waals surface area contributed by atoms with Crippen LogP contribution >= 0.6 is 0 Å². The van der Waals surface area contributed by atoms with Gasteiger partial charge in [0.2, 0.25) is 0 Å². The van der Waals surface area contributed by atoms with Gasteiger partial charge in [-0.05, 0) is 24.3 Å². The van der Waals surface area contributed by atoms with Gasteiger partial charge in [-0.25, -0.2) is 4.79 Å². The Kier molecular flexibility index (Phi) is 5.19. The van der Waals surface area contributed by atoms with Crippen molar-refractivity contribution in [2.45, 2.75) is 6.54 Å². The zero-order valence-corrected chi connectivity index (χ0v) is 13.1. The van der Waals surface area contributed by atoms with Crippen LogP contribution in [0.1, 0.15) is 5.69 Å². The SMILES string of the molecule is O=C(NCCOc1cccc2cccnc12)NCc1ccccn1. The van der Waals surface area contributed by atoms with Crippen LogP contribution in [0, 0.1) is 0 Å². The Balaban J connectivity index is 1.42. The van der Waals surface area contributed by atoms with Gasteiger partial charge < -0.3 is 15.4 Å². The van der Waals surface area contributed by atoms with Gasteiger partial charge in [0.15, 0.2) is 0 Å². The summed E-state index contributed by atoms with van der Waals surface area (Å²) in [4.78, 5) is 20.2. The summed E-state index contributed by atoms with van der Waals surface area (Å²) in [5.74, 6) is 0.712. The van der Waals surface area contributed by atoms with E-state index in [1.54, 1.807) is 12.4 Å². The Bertz CT molecular complexity index is 803. The van der Waals surface area contributed by atoms with Gasteiger partial charge in [-0.3, -0.25) is 9.97 Å². The molecule has 1 aromatic carbocycles. The van der Waals surface area contributed by atoms with Crippen molar-refractivity contribution >= 4 is 16.9 Å². The van der Waals surface area contributed by atoms with Gasteiger partial charge in [0.1, 0.15) is 17.9 Å². The van der Waals surface area contributed by atoms with E-state index in [9.17, 15) is 4.79 Å². The Hall–Kier alpha value is -3.15. The van der Waals surface area contributed by atoms with E-state index in [0.717, 1.165) is 16.6 Å². The molecule has 2 heterocycles. The fraction of sp³-hybridized carbons (Fsp3) is 0.167. The largest absolute Gasteiger partial charge is 0.489 e. The standard InChI is InChI=1S/C18H18N4O2/c23-18(22-13-15-7-1-2-9-19-15)21-11-12-24-16-8-3-5-14-6-4-10-20-17(14)16/h1-10H,11-13H2,(H2,21,22,23). The van der Waals surface area contributed by atoms with E-state index in [4.69, 9.17) is 4.74 Å². The number of para-hydroxylation sites is 1. The summed E-state index contributed by atoms with van der Waals surface area (Å²) >= 11 is 0. The van der Waals surface area contributed by atoms with Crippen molar-refractivity contribution in [2.24, 2.45) is 0 Å². The highest BCUT2D eigenvalue weighted by Gasteiger charge is 2.04. The van der Waals surface area contributed by atoms with Gasteiger partial charge in [-0.15, -0.1) is 0 Å². The summed E-state index contributed by atoms with van der Waals surface area (Å²) in [5, 5.41) is 6.52. The number of aromatic nitrogens is 2. The first-order valence-electron chi connectivity index (χ1n) is 7.71. The molecular weight excluding hydrogens is 304 g/mol. The smallest absolute Gasteiger partial charge is 0.315 e. The predicted octanol–water partition coefficient (Wildman–Crippen LogP) is 2.51. The molecule has 3 aromatic rings. The number of pyridine rings is 2. The first-order valence-corrected chi connectivity index (χ1v) is 7.71. The molecule has 2 amide bonds. The summed E-state index contributed by atoms with van der Waals surface area (Å²) in [7, 11) is 0. The molecule has 0 aliphatic heterocycles. The maximum Gasteiger partial charge on any atom is 0.315 e. The van der Waals surface area contributed by atoms with Gasteiger partial charge in [0, 0.05) is 17.8 Å². The number of nitrogens with one attached hydrogen (secondary N) is 2. The van der Waals surface area contributed by atoms with Crippen LogP contribution in [-0.2, 0) is 6.54 Å². The summed E-state index contributed by atoms with van der Waals surface area (Å²) in [6.07, 6.45) is 3.43. The molecule has 2 aromatic heterocycles. The minimum absolute atomic E-state index is 0.250. The normalized spacial score (nSPS) is 10.3. The summed E-state index contributed by atoms with van der Waals surface area (Å²) in [6.45, 7) is 1.16. The Morgan fingerprint density at radius 2 is 1.83 bits per heavy atom. The molecule has 0 saturated heterocycles. The van der Waals surface area contributed by atoms with Crippen molar-refractivity contribution in [1.82, 2.24) is 20.6 Å². The second kappa shape index (κ2) is 7.92. The summed E-state index contributed by atoms with van der Waals surface area (Å²) in [6, 6.07) is 15.0. The lowest BCUT2D eigenvalue weighted by atomic mass is 10.2. The molecule has 0 aliphatic carbocycles. The molecule has 122 valence electrons. The minimum atomic E-state index is -0.250. The molecule has 0 atom stereocenters. The molecule has 0 spiro atoms. The monoisotopic (exact) mass is 322 g/mol. The van der Waals surface area contributed by atoms with Crippen LogP contribution in [-0.4, -0.2) is 29.2 Å². The molecule has 0 aliphatic rings. The second-order valence-electron chi connectivity index (χ2n) is 5.11. The van der Waals surface area contributed by atoms with E-state index in [-0.39, 0.29) is 6.03 Å². The van der Waals surface area contributed by atoms with Crippen molar-refractivity contribution in [1.29, 1.82) is 0 Å². The molecule has 2 N–H and O–H groups in total. The summed E-state index contributed by atoms with van der Waals surface area (Å²) in [5.41, 5.74) is 1.63. The minimum Gasteiger partial charge on any atom is -0.489 e. The molecular formula is C18H18N4O2. The third kappa shape index (κ3) is 4.19. The Morgan fingerprint density at radius 3 is 2.71 bits per heavy atom. The molecule has 0 bridgehead atoms. The highest BCUT2D eigenvalue weighted by molar-refractivity contribution is 5.84. The number of hydrogen-bond acceptors (Lipinski definition) is 4. The number of nitrogens with zero attached hydrogens (tertiary/aromatic N) is 2. The number of ether oxygens (including phenoxy) is 1. The number of urea groups is 1. The van der Waals surface area contributed by atoms with Gasteiger partial charge in [-0.1, -0.05) is 24.3 Å². The number of hydrogen-bond donors (Lipinski definition) is 2. The lowest BCUT2D eigenvalue weighted by Gasteiger charge is -2.10. The van der Waals surface area contributed by atoms with Crippen LogP contribution in [0.15, 0.2) is 60.9 Å². The quantitative estimate of drug-likeness (QED) is 0.684. The molecule has 6 nitrogen and oxygen atoms in total. The van der Waals surface area contributed by atoms with E-state index < -0.39 is 0 Å². The first kappa shape index (κ1) is 15.7. The van der Waals surface area contributed by atoms with Crippen LogP contribution in [0.2, 0.25) is 0 Å². The Morgan fingerprint density at radius 1 is 0.958 bits per heavy atom. The second-order valence-corrected chi connectivity index (χ2v) is 5.11. The molecule has 24 heavy (non-hydrogen) atoms. The van der Waals surface area contributed by atoms with Crippen molar-refractivity contribution in [2.75, 3.05) is 13.2 Å². The van der Waals surface area contributed by atoms with Crippen molar-refractivity contribution in [3.63, 3.8) is 0 Å². The molecule has 6 heteroatoms. The van der Waals surface area contributed by atoms with Crippen molar-refractivity contribution < 1.29 is 9.53 Å². The average molecular weight is 322 g/mol. The zero-order valence-electron chi connectivity index (χ0n) is 13.1. The predicted molar refractivity (Wildman–Crippen MR) is 91.7 cm³/mol. The van der Waals surface area contributed by atoms with Crippen molar-refractivity contribution in [3.8, 4) is 5.75 Å². The van der Waals surface area contributed by atoms with Gasteiger partial charge >= 0.3 is 6.03 Å². The topological polar surface area (TPSA) is 76.1 Å². The van der Waals surface area contributed by atoms with E-state index >= 15 is 0 Å². The van der Waals surface area contributed by atoms with E-state index in [2.05, 4.69) is 20.6 Å². The maximum absolute atomic E-state index is 11.7. The number of carbonyl (C=O) groups is 1. The van der Waals surface area contributed by atoms with Gasteiger partial charge in [-0.2, -0.15) is 0 Å². The third-order valence-corrected chi connectivity index (χ3v) is 3.40. The van der Waals surface area contributed by atoms with E-state index in [1.807, 2.05) is 48.5 Å². The first-order chi connectivity index (χ1) is 11.8. The van der Waals surface area contributed by atoms with Crippen LogP contribution in [0.25, 0.3) is 10.9 Å². The Labute approximate surface area is 139 Å². The highest BCUT2D eigenvalue weighted by atomic mass is 16.5. The van der Waals surface area contributed by atoms with Gasteiger partial charge in [0.25, 0.3) is 0 Å². The van der Waals surface area contributed by atoms with Crippen LogP contribution < -0.4 is 15.4 Å². The van der Waals surface area contributed by atoms with Gasteiger partial charge in [0.05, 0.1) is 18.8 Å². The molecule has 0 unspecified atom stereocenters. The maximum atomic E-state index is 11.7. The van der Waals surface area contributed by atoms with E-state index in [1.165, 1.54) is 0 Å². The van der Waals surface area contributed by atoms with Crippen LogP contribution in [0.5, 0.6) is 5.75 Å². The fourth-order valence-electron chi connectivity index (χ4n) is 2.25. The van der Waals surface area contributed by atoms with Crippen LogP contribution in [0.3, 0.4) is 0 Å². The number of benzene rings is 1. The number of rotatable bonds is 6. The van der Waals surface area contributed by atoms with Crippen LogP contribution in [0.4, 0.5) is 4.79 Å². The fourth-order valence-corrected chi connectivity index (χ4v) is 2.25. The highest BCUT2D eigenvalue weighted by Crippen LogP contribution is 2.22. The number of carbonyl (C=O) groups excluding carboxylic acids is 1. The zero-order chi connectivity index (χ0) is 16.6. The molecule has 0 fully saturated rings. The number of fused-ring (bicyclic) bond motifs is 1. The molecule has 0 saturated carbocycles. The lowest BCUT2D eigenvalue weighted by molar-refractivity contribution is 0.236. The third-order valence-electron chi connectivity index (χ3n) is 3.40.